The summed E-state index contributed by atoms with van der Waals surface area (Å²) in [5, 5.41) is 75.3. The van der Waals surface area contributed by atoms with Crippen LogP contribution in [0.2, 0.25) is 0 Å². The van der Waals surface area contributed by atoms with Crippen molar-refractivity contribution in [1.82, 2.24) is 5.32 Å². The molecule has 0 aromatic carbocycles. The van der Waals surface area contributed by atoms with Crippen molar-refractivity contribution < 1.29 is 50.0 Å². The van der Waals surface area contributed by atoms with E-state index in [0.717, 1.165) is 19.3 Å². The van der Waals surface area contributed by atoms with E-state index in [9.17, 15) is 35.7 Å². The first-order valence-corrected chi connectivity index (χ1v) is 12.8. The van der Waals surface area contributed by atoms with Crippen LogP contribution in [0, 0.1) is 16.7 Å². The van der Waals surface area contributed by atoms with Crippen molar-refractivity contribution in [3.05, 3.63) is 0 Å². The second-order valence-corrected chi connectivity index (χ2v) is 12.6. The minimum absolute atomic E-state index is 0.223. The van der Waals surface area contributed by atoms with Crippen molar-refractivity contribution >= 4 is 0 Å². The van der Waals surface area contributed by atoms with Gasteiger partial charge in [-0.2, -0.15) is 0 Å². The van der Waals surface area contributed by atoms with Gasteiger partial charge in [-0.05, 0) is 55.3 Å². The SMILES string of the molecule is C[C@]12CC3CC(N[C@@H]4O[C@H](CO)[C@@H](O[C@@H]5O[C@H](CO)[C@H](O)[C@H](O)[C@@H]5O)[C@H](O)[C@H]4O)(C1)C[C@@](C)(C3)C2. The van der Waals surface area contributed by atoms with Gasteiger partial charge in [0, 0.05) is 5.54 Å². The van der Waals surface area contributed by atoms with E-state index in [-0.39, 0.29) is 16.4 Å². The van der Waals surface area contributed by atoms with Crippen LogP contribution < -0.4 is 5.32 Å². The highest BCUT2D eigenvalue weighted by Gasteiger charge is 2.61. The fourth-order valence-corrected chi connectivity index (χ4v) is 8.62. The molecule has 6 fully saturated rings. The van der Waals surface area contributed by atoms with E-state index < -0.39 is 74.6 Å². The van der Waals surface area contributed by atoms with Gasteiger partial charge in [0.2, 0.25) is 0 Å². The van der Waals surface area contributed by atoms with E-state index in [1.54, 1.807) is 0 Å². The zero-order valence-corrected chi connectivity index (χ0v) is 20.4. The van der Waals surface area contributed by atoms with Gasteiger partial charge in [0.25, 0.3) is 0 Å². The van der Waals surface area contributed by atoms with E-state index in [1.165, 1.54) is 19.3 Å². The molecule has 6 aliphatic rings. The molecule has 2 saturated heterocycles. The van der Waals surface area contributed by atoms with E-state index in [4.69, 9.17) is 14.2 Å². The molecule has 0 amide bonds. The fraction of sp³-hybridized carbons (Fsp3) is 1.00. The molecule has 14 atom stereocenters. The van der Waals surface area contributed by atoms with Crippen molar-refractivity contribution in [1.29, 1.82) is 0 Å². The molecule has 4 aliphatic carbocycles. The Hall–Kier alpha value is -0.440. The third-order valence-corrected chi connectivity index (χ3v) is 9.08. The molecule has 6 rings (SSSR count). The smallest absolute Gasteiger partial charge is 0.187 e. The maximum Gasteiger partial charge on any atom is 0.187 e. The highest BCUT2D eigenvalue weighted by Crippen LogP contribution is 2.66. The second kappa shape index (κ2) is 9.09. The van der Waals surface area contributed by atoms with Gasteiger partial charge in [0.1, 0.15) is 55.1 Å². The monoisotopic (exact) mass is 503 g/mol. The molecule has 11 heteroatoms. The van der Waals surface area contributed by atoms with Crippen LogP contribution in [0.3, 0.4) is 0 Å². The lowest BCUT2D eigenvalue weighted by molar-refractivity contribution is -0.344. The zero-order chi connectivity index (χ0) is 25.3. The van der Waals surface area contributed by atoms with Gasteiger partial charge in [0.05, 0.1) is 13.2 Å². The van der Waals surface area contributed by atoms with E-state index in [1.807, 2.05) is 0 Å². The molecule has 11 nitrogen and oxygen atoms in total. The molecule has 8 N–H and O–H groups in total. The van der Waals surface area contributed by atoms with Crippen molar-refractivity contribution in [2.24, 2.45) is 16.7 Å². The number of hydrogen-bond donors (Lipinski definition) is 8. The molecule has 2 unspecified atom stereocenters. The third kappa shape index (κ3) is 4.57. The largest absolute Gasteiger partial charge is 0.394 e. The van der Waals surface area contributed by atoms with Gasteiger partial charge < -0.3 is 50.0 Å². The van der Waals surface area contributed by atoms with E-state index >= 15 is 0 Å². The van der Waals surface area contributed by atoms with Crippen LogP contribution in [0.25, 0.3) is 0 Å². The van der Waals surface area contributed by atoms with Crippen LogP contribution in [0.4, 0.5) is 0 Å². The van der Waals surface area contributed by atoms with Crippen molar-refractivity contribution in [2.75, 3.05) is 13.2 Å². The lowest BCUT2D eigenvalue weighted by atomic mass is 9.42. The summed E-state index contributed by atoms with van der Waals surface area (Å²) in [7, 11) is 0. The summed E-state index contributed by atoms with van der Waals surface area (Å²) in [5.41, 5.74) is 0.230. The van der Waals surface area contributed by atoms with Crippen molar-refractivity contribution in [3.63, 3.8) is 0 Å². The Morgan fingerprint density at radius 2 is 1.37 bits per heavy atom. The zero-order valence-electron chi connectivity index (χ0n) is 20.4. The maximum atomic E-state index is 11.0. The quantitative estimate of drug-likeness (QED) is 0.200. The molecule has 35 heavy (non-hydrogen) atoms. The minimum atomic E-state index is -1.68. The number of nitrogens with one attached hydrogen (secondary N) is 1. The summed E-state index contributed by atoms with van der Waals surface area (Å²) < 4.78 is 17.1. The Morgan fingerprint density at radius 1 is 0.743 bits per heavy atom. The standard InChI is InChI=1S/C24H41NO10/c1-22-3-11-4-23(2,8-22)10-24(5-11,9-22)25-20-17(31)16(30)19(13(7-27)33-20)35-21-18(32)15(29)14(28)12(6-26)34-21/h11-21,25-32H,3-10H2,1-2H3/t11?,12-,13-,14+,15+,16-,17-,18+,19-,20-,21+,22-,23+,24?/m1/s1. The predicted molar refractivity (Wildman–Crippen MR) is 120 cm³/mol. The van der Waals surface area contributed by atoms with Gasteiger partial charge in [-0.1, -0.05) is 13.8 Å². The molecule has 2 aliphatic heterocycles. The fourth-order valence-electron chi connectivity index (χ4n) is 8.62. The van der Waals surface area contributed by atoms with Crippen molar-refractivity contribution in [2.45, 2.75) is 119 Å². The normalized spacial score (nSPS) is 58.0. The van der Waals surface area contributed by atoms with Gasteiger partial charge in [-0.3, -0.25) is 5.32 Å². The molecule has 202 valence electrons. The summed E-state index contributed by atoms with van der Waals surface area (Å²) in [5.74, 6) is 0.607. The molecule has 0 aromatic rings. The van der Waals surface area contributed by atoms with E-state index in [2.05, 4.69) is 19.2 Å². The topological polar surface area (TPSA) is 181 Å². The first-order chi connectivity index (χ1) is 16.4. The Morgan fingerprint density at radius 3 is 1.94 bits per heavy atom. The number of aliphatic hydroxyl groups is 7. The van der Waals surface area contributed by atoms with Gasteiger partial charge in [0.15, 0.2) is 6.29 Å². The maximum absolute atomic E-state index is 11.0. The molecule has 4 bridgehead atoms. The van der Waals surface area contributed by atoms with Gasteiger partial charge >= 0.3 is 0 Å². The van der Waals surface area contributed by atoms with Crippen LogP contribution in [-0.2, 0) is 14.2 Å². The lowest BCUT2D eigenvalue weighted by Gasteiger charge is -2.66. The predicted octanol–water partition coefficient (Wildman–Crippen LogP) is -2.05. The van der Waals surface area contributed by atoms with Gasteiger partial charge in [-0.15, -0.1) is 0 Å². The highest BCUT2D eigenvalue weighted by atomic mass is 16.7. The molecule has 0 radical (unpaired) electrons. The Labute approximate surface area is 205 Å². The number of ether oxygens (including phenoxy) is 3. The van der Waals surface area contributed by atoms with Crippen LogP contribution in [0.15, 0.2) is 0 Å². The lowest BCUT2D eigenvalue weighted by Crippen LogP contribution is -2.71. The average molecular weight is 504 g/mol. The number of aliphatic hydroxyl groups excluding tert-OH is 7. The van der Waals surface area contributed by atoms with E-state index in [0.29, 0.717) is 5.92 Å². The Bertz CT molecular complexity index is 763. The summed E-state index contributed by atoms with van der Waals surface area (Å²) in [6, 6.07) is 0. The molecule has 0 aromatic heterocycles. The van der Waals surface area contributed by atoms with Crippen LogP contribution >= 0.6 is 0 Å². The van der Waals surface area contributed by atoms with Gasteiger partial charge in [-0.25, -0.2) is 0 Å². The molecule has 2 heterocycles. The number of rotatable bonds is 6. The Kier molecular flexibility index (Phi) is 6.80. The second-order valence-electron chi connectivity index (χ2n) is 12.6. The van der Waals surface area contributed by atoms with Crippen LogP contribution in [0.1, 0.15) is 52.4 Å². The third-order valence-electron chi connectivity index (χ3n) is 9.08. The first-order valence-electron chi connectivity index (χ1n) is 12.8. The summed E-state index contributed by atoms with van der Waals surface area (Å²) in [6.45, 7) is 3.50. The summed E-state index contributed by atoms with van der Waals surface area (Å²) in [4.78, 5) is 0. The number of hydrogen-bond acceptors (Lipinski definition) is 11. The van der Waals surface area contributed by atoms with Crippen LogP contribution in [0.5, 0.6) is 0 Å². The van der Waals surface area contributed by atoms with Crippen molar-refractivity contribution in [3.8, 4) is 0 Å². The molecule has 0 spiro atoms. The Balaban J connectivity index is 1.30. The minimum Gasteiger partial charge on any atom is -0.394 e. The highest BCUT2D eigenvalue weighted by molar-refractivity contribution is 5.15. The van der Waals surface area contributed by atoms with Crippen LogP contribution in [-0.4, -0.2) is 116 Å². The summed E-state index contributed by atoms with van der Waals surface area (Å²) in [6.07, 6.45) is -7.26. The summed E-state index contributed by atoms with van der Waals surface area (Å²) >= 11 is 0. The molecular weight excluding hydrogens is 462 g/mol. The first kappa shape index (κ1) is 26.2. The average Bonchev–Trinajstić information content (AvgIpc) is 2.76. The molecular formula is C24H41NO10. The molecule has 4 saturated carbocycles.